The summed E-state index contributed by atoms with van der Waals surface area (Å²) < 4.78 is 0. The molecule has 3 N–H and O–H groups in total. The van der Waals surface area contributed by atoms with Crippen molar-refractivity contribution in [2.24, 2.45) is 0 Å². The molecule has 0 aromatic heterocycles. The van der Waals surface area contributed by atoms with Crippen LogP contribution in [-0.2, 0) is 4.79 Å². The van der Waals surface area contributed by atoms with E-state index in [1.807, 2.05) is 11.8 Å². The van der Waals surface area contributed by atoms with Crippen LogP contribution in [0.25, 0.3) is 0 Å². The molecule has 0 heterocycles. The second kappa shape index (κ2) is 9.07. The largest absolute Gasteiger partial charge is 0.481 e. The highest BCUT2D eigenvalue weighted by Crippen LogP contribution is 2.29. The van der Waals surface area contributed by atoms with Crippen LogP contribution in [0.3, 0.4) is 0 Å². The molecule has 0 aliphatic heterocycles. The van der Waals surface area contributed by atoms with Gasteiger partial charge >= 0.3 is 12.0 Å². The molecule has 1 saturated carbocycles. The average molecular weight is 288 g/mol. The second-order valence-corrected chi connectivity index (χ2v) is 6.42. The standard InChI is InChI=1S/C13H24N2O3S/c1-2-19-11-7-6-10(9-11)15-13(18)14-8-4-3-5-12(16)17/h10-11H,2-9H2,1H3,(H,16,17)(H2,14,15,18). The molecule has 6 heteroatoms. The molecule has 0 radical (unpaired) electrons. The number of aliphatic carboxylic acids is 1. The van der Waals surface area contributed by atoms with Gasteiger partial charge in [-0.15, -0.1) is 0 Å². The molecule has 110 valence electrons. The number of thioether (sulfide) groups is 1. The van der Waals surface area contributed by atoms with E-state index in [0.717, 1.165) is 18.6 Å². The minimum atomic E-state index is -0.783. The highest BCUT2D eigenvalue weighted by atomic mass is 32.2. The van der Waals surface area contributed by atoms with Gasteiger partial charge in [-0.1, -0.05) is 6.92 Å². The first kappa shape index (κ1) is 16.1. The predicted molar refractivity (Wildman–Crippen MR) is 77.6 cm³/mol. The van der Waals surface area contributed by atoms with E-state index in [0.29, 0.717) is 30.7 Å². The van der Waals surface area contributed by atoms with Crippen LogP contribution in [0.15, 0.2) is 0 Å². The number of hydrogen-bond donors (Lipinski definition) is 3. The molecule has 2 atom stereocenters. The van der Waals surface area contributed by atoms with Crippen LogP contribution in [0.1, 0.15) is 45.4 Å². The fraction of sp³-hybridized carbons (Fsp3) is 0.846. The maximum Gasteiger partial charge on any atom is 0.315 e. The molecular formula is C13H24N2O3S. The predicted octanol–water partition coefficient (Wildman–Crippen LogP) is 2.21. The number of amides is 2. The van der Waals surface area contributed by atoms with Gasteiger partial charge in [0.1, 0.15) is 0 Å². The number of hydrogen-bond acceptors (Lipinski definition) is 3. The van der Waals surface area contributed by atoms with E-state index in [2.05, 4.69) is 17.6 Å². The van der Waals surface area contributed by atoms with Crippen LogP contribution in [0.2, 0.25) is 0 Å². The molecule has 1 rings (SSSR count). The van der Waals surface area contributed by atoms with Gasteiger partial charge in [0, 0.05) is 24.3 Å². The molecule has 2 amide bonds. The van der Waals surface area contributed by atoms with Crippen LogP contribution in [-0.4, -0.2) is 40.7 Å². The lowest BCUT2D eigenvalue weighted by molar-refractivity contribution is -0.137. The number of carboxylic acids is 1. The van der Waals surface area contributed by atoms with Crippen molar-refractivity contribution in [3.05, 3.63) is 0 Å². The van der Waals surface area contributed by atoms with Crippen molar-refractivity contribution in [2.75, 3.05) is 12.3 Å². The van der Waals surface area contributed by atoms with Gasteiger partial charge in [-0.2, -0.15) is 11.8 Å². The Morgan fingerprint density at radius 2 is 2.11 bits per heavy atom. The minimum Gasteiger partial charge on any atom is -0.481 e. The van der Waals surface area contributed by atoms with Crippen LogP contribution in [0.5, 0.6) is 0 Å². The lowest BCUT2D eigenvalue weighted by Crippen LogP contribution is -2.41. The smallest absolute Gasteiger partial charge is 0.315 e. The number of carbonyl (C=O) groups is 2. The molecule has 1 aliphatic rings. The lowest BCUT2D eigenvalue weighted by atomic mass is 10.2. The third-order valence-corrected chi connectivity index (χ3v) is 4.46. The zero-order valence-corrected chi connectivity index (χ0v) is 12.3. The van der Waals surface area contributed by atoms with E-state index in [9.17, 15) is 9.59 Å². The quantitative estimate of drug-likeness (QED) is 0.598. The summed E-state index contributed by atoms with van der Waals surface area (Å²) in [7, 11) is 0. The van der Waals surface area contributed by atoms with Crippen molar-refractivity contribution in [3.63, 3.8) is 0 Å². The summed E-state index contributed by atoms with van der Waals surface area (Å²) in [6.07, 6.45) is 4.78. The van der Waals surface area contributed by atoms with Crippen molar-refractivity contribution in [2.45, 2.75) is 56.7 Å². The first-order valence-corrected chi connectivity index (χ1v) is 8.04. The SMILES string of the molecule is CCSC1CCC(NC(=O)NCCCCC(=O)O)C1. The van der Waals surface area contributed by atoms with Crippen LogP contribution in [0, 0.1) is 0 Å². The topological polar surface area (TPSA) is 78.4 Å². The molecule has 0 aromatic carbocycles. The lowest BCUT2D eigenvalue weighted by Gasteiger charge is -2.13. The van der Waals surface area contributed by atoms with E-state index in [1.54, 1.807) is 0 Å². The Balaban J connectivity index is 2.03. The number of unbranched alkanes of at least 4 members (excludes halogenated alkanes) is 1. The number of carboxylic acid groups (broad SMARTS) is 1. The Kier molecular flexibility index (Phi) is 7.70. The number of carbonyl (C=O) groups excluding carboxylic acids is 1. The maximum atomic E-state index is 11.6. The average Bonchev–Trinajstić information content (AvgIpc) is 2.76. The summed E-state index contributed by atoms with van der Waals surface area (Å²) in [6, 6.07) is 0.172. The van der Waals surface area contributed by atoms with E-state index in [-0.39, 0.29) is 12.5 Å². The first-order chi connectivity index (χ1) is 9.11. The van der Waals surface area contributed by atoms with Crippen molar-refractivity contribution in [3.8, 4) is 0 Å². The van der Waals surface area contributed by atoms with Crippen LogP contribution in [0.4, 0.5) is 4.79 Å². The van der Waals surface area contributed by atoms with E-state index < -0.39 is 5.97 Å². The molecule has 5 nitrogen and oxygen atoms in total. The Labute approximate surface area is 118 Å². The fourth-order valence-electron chi connectivity index (χ4n) is 2.30. The monoisotopic (exact) mass is 288 g/mol. The van der Waals surface area contributed by atoms with Crippen LogP contribution >= 0.6 is 11.8 Å². The molecule has 0 saturated heterocycles. The number of rotatable bonds is 8. The summed E-state index contributed by atoms with van der Waals surface area (Å²) in [6.45, 7) is 2.70. The first-order valence-electron chi connectivity index (χ1n) is 6.99. The normalized spacial score (nSPS) is 22.2. The Hall–Kier alpha value is -0.910. The van der Waals surface area contributed by atoms with Crippen LogP contribution < -0.4 is 10.6 Å². The molecule has 2 unspecified atom stereocenters. The van der Waals surface area contributed by atoms with Crippen molar-refractivity contribution in [1.82, 2.24) is 10.6 Å². The van der Waals surface area contributed by atoms with Gasteiger partial charge in [-0.25, -0.2) is 4.79 Å². The van der Waals surface area contributed by atoms with E-state index in [4.69, 9.17) is 5.11 Å². The zero-order chi connectivity index (χ0) is 14.1. The van der Waals surface area contributed by atoms with Gasteiger partial charge in [0.25, 0.3) is 0 Å². The molecule has 1 aliphatic carbocycles. The Morgan fingerprint density at radius 1 is 1.32 bits per heavy atom. The molecule has 19 heavy (non-hydrogen) atoms. The molecule has 0 spiro atoms. The summed E-state index contributed by atoms with van der Waals surface area (Å²) in [5.74, 6) is 0.350. The Morgan fingerprint density at radius 3 is 2.79 bits per heavy atom. The minimum absolute atomic E-state index is 0.123. The van der Waals surface area contributed by atoms with E-state index in [1.165, 1.54) is 6.42 Å². The van der Waals surface area contributed by atoms with Gasteiger partial charge in [0.2, 0.25) is 0 Å². The number of nitrogens with one attached hydrogen (secondary N) is 2. The summed E-state index contributed by atoms with van der Waals surface area (Å²) >= 11 is 1.97. The van der Waals surface area contributed by atoms with Crippen molar-refractivity contribution < 1.29 is 14.7 Å². The summed E-state index contributed by atoms with van der Waals surface area (Å²) in [5, 5.41) is 14.9. The summed E-state index contributed by atoms with van der Waals surface area (Å²) in [4.78, 5) is 21.9. The van der Waals surface area contributed by atoms with Gasteiger partial charge < -0.3 is 15.7 Å². The van der Waals surface area contributed by atoms with Gasteiger partial charge in [-0.05, 0) is 37.9 Å². The number of urea groups is 1. The zero-order valence-electron chi connectivity index (χ0n) is 11.5. The van der Waals surface area contributed by atoms with Gasteiger partial charge in [-0.3, -0.25) is 4.79 Å². The van der Waals surface area contributed by atoms with Crippen molar-refractivity contribution >= 4 is 23.8 Å². The highest BCUT2D eigenvalue weighted by molar-refractivity contribution is 7.99. The van der Waals surface area contributed by atoms with Crippen molar-refractivity contribution in [1.29, 1.82) is 0 Å². The third kappa shape index (κ3) is 7.30. The highest BCUT2D eigenvalue weighted by Gasteiger charge is 2.25. The summed E-state index contributed by atoms with van der Waals surface area (Å²) in [5.41, 5.74) is 0. The Bertz CT molecular complexity index is 300. The molecule has 0 aromatic rings. The van der Waals surface area contributed by atoms with E-state index >= 15 is 0 Å². The van der Waals surface area contributed by atoms with Gasteiger partial charge in [0.15, 0.2) is 0 Å². The molecule has 0 bridgehead atoms. The fourth-order valence-corrected chi connectivity index (χ4v) is 3.44. The molecule has 1 fully saturated rings. The second-order valence-electron chi connectivity index (χ2n) is 4.84. The van der Waals surface area contributed by atoms with Gasteiger partial charge in [0.05, 0.1) is 0 Å². The third-order valence-electron chi connectivity index (χ3n) is 3.23. The molecular weight excluding hydrogens is 264 g/mol. The maximum absolute atomic E-state index is 11.6.